The normalized spacial score (nSPS) is 10.0. The van der Waals surface area contributed by atoms with Gasteiger partial charge in [-0.3, -0.25) is 9.89 Å². The Kier molecular flexibility index (Phi) is 6.68. The van der Waals surface area contributed by atoms with Gasteiger partial charge in [-0.25, -0.2) is 0 Å². The van der Waals surface area contributed by atoms with E-state index >= 15 is 0 Å². The van der Waals surface area contributed by atoms with E-state index in [0.717, 1.165) is 12.1 Å². The third-order valence-electron chi connectivity index (χ3n) is 3.00. The van der Waals surface area contributed by atoms with Crippen molar-refractivity contribution in [2.45, 2.75) is 0 Å². The van der Waals surface area contributed by atoms with Crippen molar-refractivity contribution in [1.82, 2.24) is 20.4 Å². The molecule has 1 amide bonds. The molecule has 1 aromatic carbocycles. The number of hydrogen-bond acceptors (Lipinski definition) is 3. The molecule has 2 rings (SSSR count). The van der Waals surface area contributed by atoms with E-state index in [2.05, 4.69) is 15.5 Å². The summed E-state index contributed by atoms with van der Waals surface area (Å²) in [6.45, 7) is 1.38. The van der Waals surface area contributed by atoms with Gasteiger partial charge in [0, 0.05) is 25.7 Å². The molecule has 0 aliphatic heterocycles. The van der Waals surface area contributed by atoms with Crippen LogP contribution in [0.15, 0.2) is 30.3 Å². The van der Waals surface area contributed by atoms with Gasteiger partial charge in [-0.2, -0.15) is 5.10 Å². The minimum absolute atomic E-state index is 0. The number of nitrogens with one attached hydrogen (secondary N) is 2. The van der Waals surface area contributed by atoms with E-state index < -0.39 is 0 Å². The number of benzene rings is 1. The summed E-state index contributed by atoms with van der Waals surface area (Å²) in [6.07, 6.45) is 0. The van der Waals surface area contributed by atoms with Gasteiger partial charge in [-0.1, -0.05) is 29.8 Å². The van der Waals surface area contributed by atoms with Crippen LogP contribution in [-0.2, 0) is 0 Å². The summed E-state index contributed by atoms with van der Waals surface area (Å²) in [6, 6.07) is 9.13. The van der Waals surface area contributed by atoms with Crippen molar-refractivity contribution < 1.29 is 4.79 Å². The SMILES string of the molecule is CNCCN(C)C(=O)c1cc(-c2ccccc2Cl)n[nH]1.Cl. The molecule has 21 heavy (non-hydrogen) atoms. The number of rotatable bonds is 5. The number of halogens is 2. The van der Waals surface area contributed by atoms with E-state index in [9.17, 15) is 4.79 Å². The number of hydrogen-bond donors (Lipinski definition) is 2. The number of aromatic nitrogens is 2. The van der Waals surface area contributed by atoms with E-state index in [1.54, 1.807) is 24.1 Å². The van der Waals surface area contributed by atoms with E-state index in [0.29, 0.717) is 23.0 Å². The van der Waals surface area contributed by atoms with Crippen molar-refractivity contribution in [1.29, 1.82) is 0 Å². The summed E-state index contributed by atoms with van der Waals surface area (Å²) in [4.78, 5) is 13.8. The summed E-state index contributed by atoms with van der Waals surface area (Å²) < 4.78 is 0. The Bertz CT molecular complexity index is 600. The number of amides is 1. The lowest BCUT2D eigenvalue weighted by atomic mass is 10.1. The van der Waals surface area contributed by atoms with Crippen LogP contribution in [0.2, 0.25) is 5.02 Å². The highest BCUT2D eigenvalue weighted by atomic mass is 35.5. The zero-order valence-corrected chi connectivity index (χ0v) is 13.5. The van der Waals surface area contributed by atoms with E-state index in [-0.39, 0.29) is 18.3 Å². The molecule has 0 radical (unpaired) electrons. The Balaban J connectivity index is 0.00000220. The molecule has 5 nitrogen and oxygen atoms in total. The molecule has 1 aromatic heterocycles. The van der Waals surface area contributed by atoms with Crippen LogP contribution in [0.3, 0.4) is 0 Å². The largest absolute Gasteiger partial charge is 0.339 e. The Morgan fingerprint density at radius 3 is 2.81 bits per heavy atom. The van der Waals surface area contributed by atoms with Crippen molar-refractivity contribution in [3.05, 3.63) is 41.0 Å². The van der Waals surface area contributed by atoms with E-state index in [1.165, 1.54) is 0 Å². The van der Waals surface area contributed by atoms with Gasteiger partial charge in [-0.05, 0) is 19.2 Å². The molecule has 0 saturated carbocycles. The number of aromatic amines is 1. The first-order valence-corrected chi connectivity index (χ1v) is 6.71. The minimum atomic E-state index is -0.0916. The summed E-state index contributed by atoms with van der Waals surface area (Å²) >= 11 is 6.12. The quantitative estimate of drug-likeness (QED) is 0.886. The molecule has 0 bridgehead atoms. The summed E-state index contributed by atoms with van der Waals surface area (Å²) in [5, 5.41) is 10.5. The fourth-order valence-electron chi connectivity index (χ4n) is 1.82. The van der Waals surface area contributed by atoms with Gasteiger partial charge in [0.25, 0.3) is 5.91 Å². The fraction of sp³-hybridized carbons (Fsp3) is 0.286. The molecule has 1 heterocycles. The lowest BCUT2D eigenvalue weighted by Crippen LogP contribution is -2.32. The maximum absolute atomic E-state index is 12.2. The Morgan fingerprint density at radius 1 is 1.43 bits per heavy atom. The maximum Gasteiger partial charge on any atom is 0.271 e. The second-order valence-corrected chi connectivity index (χ2v) is 4.88. The van der Waals surface area contributed by atoms with Crippen LogP contribution < -0.4 is 5.32 Å². The van der Waals surface area contributed by atoms with Crippen LogP contribution in [0.1, 0.15) is 10.5 Å². The fourth-order valence-corrected chi connectivity index (χ4v) is 2.06. The molecule has 0 fully saturated rings. The van der Waals surface area contributed by atoms with Gasteiger partial charge in [0.2, 0.25) is 0 Å². The highest BCUT2D eigenvalue weighted by Gasteiger charge is 2.15. The molecule has 7 heteroatoms. The predicted octanol–water partition coefficient (Wildman–Crippen LogP) is 2.44. The molecule has 0 aliphatic carbocycles. The van der Waals surface area contributed by atoms with Gasteiger partial charge in [0.1, 0.15) is 5.69 Å². The molecule has 2 N–H and O–H groups in total. The monoisotopic (exact) mass is 328 g/mol. The van der Waals surface area contributed by atoms with Gasteiger partial charge >= 0.3 is 0 Å². The molecule has 2 aromatic rings. The number of likely N-dealkylation sites (N-methyl/N-ethyl adjacent to an activating group) is 2. The first-order valence-electron chi connectivity index (χ1n) is 6.34. The van der Waals surface area contributed by atoms with Gasteiger partial charge < -0.3 is 10.2 Å². The minimum Gasteiger partial charge on any atom is -0.339 e. The Morgan fingerprint density at radius 2 is 2.14 bits per heavy atom. The Labute approximate surface area is 135 Å². The lowest BCUT2D eigenvalue weighted by molar-refractivity contribution is 0.0791. The highest BCUT2D eigenvalue weighted by Crippen LogP contribution is 2.26. The first-order chi connectivity index (χ1) is 9.63. The van der Waals surface area contributed by atoms with Crippen LogP contribution in [0, 0.1) is 0 Å². The Hall–Kier alpha value is -1.56. The smallest absolute Gasteiger partial charge is 0.271 e. The number of carbonyl (C=O) groups excluding carboxylic acids is 1. The molecular weight excluding hydrogens is 311 g/mol. The molecular formula is C14H18Cl2N4O. The molecule has 0 atom stereocenters. The van der Waals surface area contributed by atoms with Crippen LogP contribution in [0.4, 0.5) is 0 Å². The topological polar surface area (TPSA) is 61.0 Å². The van der Waals surface area contributed by atoms with Gasteiger partial charge in [0.05, 0.1) is 10.7 Å². The van der Waals surface area contributed by atoms with E-state index in [4.69, 9.17) is 11.6 Å². The van der Waals surface area contributed by atoms with Crippen molar-refractivity contribution in [2.24, 2.45) is 0 Å². The second kappa shape index (κ2) is 8.02. The zero-order valence-electron chi connectivity index (χ0n) is 11.9. The summed E-state index contributed by atoms with van der Waals surface area (Å²) in [5.41, 5.74) is 1.93. The zero-order chi connectivity index (χ0) is 14.5. The van der Waals surface area contributed by atoms with Crippen molar-refractivity contribution in [2.75, 3.05) is 27.2 Å². The maximum atomic E-state index is 12.2. The molecule has 114 valence electrons. The number of nitrogens with zero attached hydrogens (tertiary/aromatic N) is 2. The molecule has 0 saturated heterocycles. The van der Waals surface area contributed by atoms with E-state index in [1.807, 2.05) is 25.2 Å². The molecule has 0 unspecified atom stereocenters. The summed E-state index contributed by atoms with van der Waals surface area (Å²) in [7, 11) is 3.61. The molecule has 0 spiro atoms. The number of H-pyrrole nitrogens is 1. The van der Waals surface area contributed by atoms with Crippen LogP contribution in [0.25, 0.3) is 11.3 Å². The van der Waals surface area contributed by atoms with Crippen molar-refractivity contribution >= 4 is 29.9 Å². The van der Waals surface area contributed by atoms with Gasteiger partial charge in [0.15, 0.2) is 0 Å². The lowest BCUT2D eigenvalue weighted by Gasteiger charge is -2.15. The predicted molar refractivity (Wildman–Crippen MR) is 87.2 cm³/mol. The first kappa shape index (κ1) is 17.5. The van der Waals surface area contributed by atoms with Gasteiger partial charge in [-0.15, -0.1) is 12.4 Å². The van der Waals surface area contributed by atoms with Crippen LogP contribution >= 0.6 is 24.0 Å². The third-order valence-corrected chi connectivity index (χ3v) is 3.33. The third kappa shape index (κ3) is 4.20. The number of carbonyl (C=O) groups is 1. The average molecular weight is 329 g/mol. The standard InChI is InChI=1S/C14H17ClN4O.ClH/c1-16-7-8-19(2)14(20)13-9-12(17-18-13)10-5-3-4-6-11(10)15;/h3-6,9,16H,7-8H2,1-2H3,(H,17,18);1H. The molecule has 0 aliphatic rings. The summed E-state index contributed by atoms with van der Waals surface area (Å²) in [5.74, 6) is -0.0916. The van der Waals surface area contributed by atoms with Crippen LogP contribution in [-0.4, -0.2) is 48.2 Å². The van der Waals surface area contributed by atoms with Crippen molar-refractivity contribution in [3.63, 3.8) is 0 Å². The van der Waals surface area contributed by atoms with Crippen LogP contribution in [0.5, 0.6) is 0 Å². The van der Waals surface area contributed by atoms with Crippen molar-refractivity contribution in [3.8, 4) is 11.3 Å². The highest BCUT2D eigenvalue weighted by molar-refractivity contribution is 6.33. The second-order valence-electron chi connectivity index (χ2n) is 4.48. The average Bonchev–Trinajstić information content (AvgIpc) is 2.94.